The fraction of sp³-hybridized carbons (Fsp3) is 0.421. The molecule has 1 aromatic heterocycles. The van der Waals surface area contributed by atoms with Crippen molar-refractivity contribution in [3.05, 3.63) is 52.2 Å². The van der Waals surface area contributed by atoms with E-state index in [2.05, 4.69) is 22.1 Å². The maximum absolute atomic E-state index is 12.7. The Morgan fingerprint density at radius 3 is 2.50 bits per heavy atom. The maximum Gasteiger partial charge on any atom is 0.269 e. The van der Waals surface area contributed by atoms with Crippen LogP contribution in [0.2, 0.25) is 0 Å². The van der Waals surface area contributed by atoms with Gasteiger partial charge in [-0.2, -0.15) is 0 Å². The SMILES string of the molecule is CC1C(NC(=O)c2ccc(-c3ccc([N+](=O)[O-])cc3)[nH]2)C2CCN1CC2. The lowest BCUT2D eigenvalue weighted by Crippen LogP contribution is -2.62. The third-order valence-electron chi connectivity index (χ3n) is 5.80. The lowest BCUT2D eigenvalue weighted by atomic mass is 9.79. The van der Waals surface area contributed by atoms with Gasteiger partial charge in [0.25, 0.3) is 11.6 Å². The number of hydrogen-bond acceptors (Lipinski definition) is 4. The summed E-state index contributed by atoms with van der Waals surface area (Å²) < 4.78 is 0. The van der Waals surface area contributed by atoms with Crippen LogP contribution < -0.4 is 5.32 Å². The van der Waals surface area contributed by atoms with Crippen LogP contribution in [0.15, 0.2) is 36.4 Å². The maximum atomic E-state index is 12.7. The average molecular weight is 354 g/mol. The number of carbonyl (C=O) groups is 1. The van der Waals surface area contributed by atoms with E-state index in [-0.39, 0.29) is 17.6 Å². The van der Waals surface area contributed by atoms with E-state index in [1.54, 1.807) is 18.2 Å². The van der Waals surface area contributed by atoms with Crippen LogP contribution in [0.25, 0.3) is 11.3 Å². The Kier molecular flexibility index (Phi) is 4.24. The summed E-state index contributed by atoms with van der Waals surface area (Å²) in [6.45, 7) is 4.45. The summed E-state index contributed by atoms with van der Waals surface area (Å²) in [6.07, 6.45) is 2.29. The first-order chi connectivity index (χ1) is 12.5. The van der Waals surface area contributed by atoms with E-state index in [9.17, 15) is 14.9 Å². The zero-order valence-electron chi connectivity index (χ0n) is 14.6. The summed E-state index contributed by atoms with van der Waals surface area (Å²) in [4.78, 5) is 28.6. The third-order valence-corrected chi connectivity index (χ3v) is 5.80. The highest BCUT2D eigenvalue weighted by atomic mass is 16.6. The van der Waals surface area contributed by atoms with Gasteiger partial charge in [-0.15, -0.1) is 0 Å². The van der Waals surface area contributed by atoms with E-state index in [4.69, 9.17) is 0 Å². The van der Waals surface area contributed by atoms with Crippen LogP contribution in [0, 0.1) is 16.0 Å². The largest absolute Gasteiger partial charge is 0.351 e. The van der Waals surface area contributed by atoms with Crippen LogP contribution in [0.1, 0.15) is 30.3 Å². The molecule has 3 saturated heterocycles. The molecular formula is C19H22N4O3. The summed E-state index contributed by atoms with van der Waals surface area (Å²) in [6, 6.07) is 10.4. The molecule has 7 nitrogen and oxygen atoms in total. The number of nitro benzene ring substituents is 1. The molecule has 0 saturated carbocycles. The average Bonchev–Trinajstić information content (AvgIpc) is 3.15. The molecule has 5 rings (SSSR count). The fourth-order valence-electron chi connectivity index (χ4n) is 4.23. The van der Waals surface area contributed by atoms with E-state index < -0.39 is 4.92 Å². The highest BCUT2D eigenvalue weighted by Crippen LogP contribution is 2.32. The van der Waals surface area contributed by atoms with Crippen molar-refractivity contribution in [2.75, 3.05) is 13.1 Å². The number of hydrogen-bond donors (Lipinski definition) is 2. The van der Waals surface area contributed by atoms with Gasteiger partial charge in [0.15, 0.2) is 0 Å². The van der Waals surface area contributed by atoms with Crippen LogP contribution in [0.3, 0.4) is 0 Å². The molecule has 0 spiro atoms. The molecule has 4 heterocycles. The van der Waals surface area contributed by atoms with Gasteiger partial charge in [0.2, 0.25) is 0 Å². The number of nitro groups is 1. The molecule has 7 heteroatoms. The Labute approximate surface area is 151 Å². The van der Waals surface area contributed by atoms with Gasteiger partial charge in [-0.1, -0.05) is 0 Å². The molecule has 2 aromatic rings. The number of fused-ring (bicyclic) bond motifs is 3. The topological polar surface area (TPSA) is 91.3 Å². The number of amides is 1. The summed E-state index contributed by atoms with van der Waals surface area (Å²) in [7, 11) is 0. The van der Waals surface area contributed by atoms with Crippen molar-refractivity contribution in [1.82, 2.24) is 15.2 Å². The Bertz CT molecular complexity index is 820. The number of aromatic amines is 1. The first-order valence-electron chi connectivity index (χ1n) is 9.01. The van der Waals surface area contributed by atoms with Crippen LogP contribution in [-0.4, -0.2) is 45.9 Å². The predicted octanol–water partition coefficient (Wildman–Crippen LogP) is 2.80. The number of nitrogens with zero attached hydrogens (tertiary/aromatic N) is 2. The zero-order chi connectivity index (χ0) is 18.3. The fourth-order valence-corrected chi connectivity index (χ4v) is 4.23. The quantitative estimate of drug-likeness (QED) is 0.652. The third kappa shape index (κ3) is 2.99. The van der Waals surface area contributed by atoms with Gasteiger partial charge < -0.3 is 10.3 Å². The Balaban J connectivity index is 1.47. The molecule has 2 bridgehead atoms. The molecule has 26 heavy (non-hydrogen) atoms. The molecule has 3 aliphatic rings. The summed E-state index contributed by atoms with van der Waals surface area (Å²) in [5.41, 5.74) is 2.15. The standard InChI is InChI=1S/C19H22N4O3/c1-12-18(14-8-10-22(12)11-9-14)21-19(24)17-7-6-16(20-17)13-2-4-15(5-3-13)23(25)26/h2-7,12,14,18,20H,8-11H2,1H3,(H,21,24). The number of nitrogens with one attached hydrogen (secondary N) is 2. The van der Waals surface area contributed by atoms with E-state index >= 15 is 0 Å². The molecular weight excluding hydrogens is 332 g/mol. The molecule has 0 aliphatic carbocycles. The molecule has 2 N–H and O–H groups in total. The second kappa shape index (κ2) is 6.57. The van der Waals surface area contributed by atoms with Crippen molar-refractivity contribution in [3.8, 4) is 11.3 Å². The summed E-state index contributed by atoms with van der Waals surface area (Å²) in [5, 5.41) is 14.0. The van der Waals surface area contributed by atoms with Gasteiger partial charge in [0, 0.05) is 29.9 Å². The second-order valence-electron chi connectivity index (χ2n) is 7.20. The number of aromatic nitrogens is 1. The lowest BCUT2D eigenvalue weighted by Gasteiger charge is -2.49. The summed E-state index contributed by atoms with van der Waals surface area (Å²) >= 11 is 0. The van der Waals surface area contributed by atoms with Gasteiger partial charge >= 0.3 is 0 Å². The van der Waals surface area contributed by atoms with E-state index in [0.717, 1.165) is 37.2 Å². The molecule has 0 radical (unpaired) electrons. The number of piperidine rings is 3. The van der Waals surface area contributed by atoms with Gasteiger partial charge in [-0.25, -0.2) is 0 Å². The van der Waals surface area contributed by atoms with Gasteiger partial charge in [-0.3, -0.25) is 19.8 Å². The monoisotopic (exact) mass is 354 g/mol. The minimum atomic E-state index is -0.424. The number of H-pyrrole nitrogens is 1. The van der Waals surface area contributed by atoms with Crippen molar-refractivity contribution in [1.29, 1.82) is 0 Å². The highest BCUT2D eigenvalue weighted by Gasteiger charge is 2.40. The number of non-ortho nitro benzene ring substituents is 1. The van der Waals surface area contributed by atoms with Gasteiger partial charge in [0.05, 0.1) is 4.92 Å². The lowest BCUT2D eigenvalue weighted by molar-refractivity contribution is -0.384. The van der Waals surface area contributed by atoms with Crippen molar-refractivity contribution in [2.24, 2.45) is 5.92 Å². The van der Waals surface area contributed by atoms with Gasteiger partial charge in [0.1, 0.15) is 5.69 Å². The number of benzene rings is 1. The van der Waals surface area contributed by atoms with E-state index in [1.165, 1.54) is 12.1 Å². The minimum absolute atomic E-state index is 0.0506. The first-order valence-corrected chi connectivity index (χ1v) is 9.01. The van der Waals surface area contributed by atoms with Crippen molar-refractivity contribution in [2.45, 2.75) is 31.8 Å². The van der Waals surface area contributed by atoms with Crippen molar-refractivity contribution in [3.63, 3.8) is 0 Å². The Hall–Kier alpha value is -2.67. The number of carbonyl (C=O) groups excluding carboxylic acids is 1. The second-order valence-corrected chi connectivity index (χ2v) is 7.20. The molecule has 2 atom stereocenters. The van der Waals surface area contributed by atoms with Crippen LogP contribution >= 0.6 is 0 Å². The normalized spacial score (nSPS) is 27.3. The van der Waals surface area contributed by atoms with Crippen LogP contribution in [0.4, 0.5) is 5.69 Å². The molecule has 1 amide bonds. The van der Waals surface area contributed by atoms with E-state index in [0.29, 0.717) is 17.7 Å². The summed E-state index contributed by atoms with van der Waals surface area (Å²) in [5.74, 6) is 0.465. The minimum Gasteiger partial charge on any atom is -0.351 e. The highest BCUT2D eigenvalue weighted by molar-refractivity contribution is 5.93. The van der Waals surface area contributed by atoms with Crippen molar-refractivity contribution < 1.29 is 9.72 Å². The number of rotatable bonds is 4. The molecule has 1 aromatic carbocycles. The predicted molar refractivity (Wildman–Crippen MR) is 97.9 cm³/mol. The Morgan fingerprint density at radius 1 is 1.19 bits per heavy atom. The van der Waals surface area contributed by atoms with Crippen LogP contribution in [-0.2, 0) is 0 Å². The molecule has 3 fully saturated rings. The molecule has 136 valence electrons. The van der Waals surface area contributed by atoms with Crippen LogP contribution in [0.5, 0.6) is 0 Å². The molecule has 2 unspecified atom stereocenters. The first kappa shape index (κ1) is 16.8. The molecule has 3 aliphatic heterocycles. The van der Waals surface area contributed by atoms with Gasteiger partial charge in [-0.05, 0) is 68.6 Å². The zero-order valence-corrected chi connectivity index (χ0v) is 14.6. The smallest absolute Gasteiger partial charge is 0.269 e. The van der Waals surface area contributed by atoms with Crippen molar-refractivity contribution >= 4 is 11.6 Å². The Morgan fingerprint density at radius 2 is 1.88 bits per heavy atom. The van der Waals surface area contributed by atoms with E-state index in [1.807, 2.05) is 6.07 Å².